The standard InChI is InChI=1S/C24H26N2O3/c1-26(2)17-20-10-8-19(9-11-20)16-25-24(27)18-28-21-12-14-23(15-13-21)29-22-6-4-3-5-7-22/h3-15H,16-18H2,1-2H3,(H,25,27). The van der Waals surface area contributed by atoms with Gasteiger partial charge < -0.3 is 19.7 Å². The SMILES string of the molecule is CN(C)Cc1ccc(CNC(=O)COc2ccc(Oc3ccccc3)cc2)cc1. The molecule has 150 valence electrons. The molecule has 0 fully saturated rings. The third-order valence-corrected chi connectivity index (χ3v) is 4.18. The van der Waals surface area contributed by atoms with Crippen LogP contribution in [0.4, 0.5) is 0 Å². The Bertz CT molecular complexity index is 892. The molecule has 0 saturated carbocycles. The number of para-hydroxylation sites is 1. The van der Waals surface area contributed by atoms with E-state index in [1.54, 1.807) is 12.1 Å². The lowest BCUT2D eigenvalue weighted by atomic mass is 10.1. The number of carbonyl (C=O) groups is 1. The fourth-order valence-corrected chi connectivity index (χ4v) is 2.76. The topological polar surface area (TPSA) is 50.8 Å². The molecule has 3 aromatic carbocycles. The summed E-state index contributed by atoms with van der Waals surface area (Å²) in [5.41, 5.74) is 2.30. The minimum absolute atomic E-state index is 0.0302. The second kappa shape index (κ2) is 10.3. The van der Waals surface area contributed by atoms with Gasteiger partial charge in [-0.15, -0.1) is 0 Å². The molecule has 0 saturated heterocycles. The van der Waals surface area contributed by atoms with E-state index in [1.165, 1.54) is 5.56 Å². The van der Waals surface area contributed by atoms with Crippen molar-refractivity contribution < 1.29 is 14.3 Å². The molecule has 1 amide bonds. The van der Waals surface area contributed by atoms with Gasteiger partial charge in [-0.05, 0) is 61.6 Å². The summed E-state index contributed by atoms with van der Waals surface area (Å²) in [6.45, 7) is 1.35. The van der Waals surface area contributed by atoms with E-state index >= 15 is 0 Å². The Labute approximate surface area is 171 Å². The summed E-state index contributed by atoms with van der Waals surface area (Å²) in [6.07, 6.45) is 0. The van der Waals surface area contributed by atoms with Gasteiger partial charge in [-0.2, -0.15) is 0 Å². The van der Waals surface area contributed by atoms with Crippen molar-refractivity contribution in [3.05, 3.63) is 90.0 Å². The van der Waals surface area contributed by atoms with Crippen molar-refractivity contribution in [1.29, 1.82) is 0 Å². The van der Waals surface area contributed by atoms with Gasteiger partial charge in [0.15, 0.2) is 6.61 Å². The molecule has 0 unspecified atom stereocenters. The smallest absolute Gasteiger partial charge is 0.258 e. The Kier molecular flexibility index (Phi) is 7.25. The Morgan fingerprint density at radius 1 is 0.793 bits per heavy atom. The van der Waals surface area contributed by atoms with E-state index in [1.807, 2.05) is 68.7 Å². The number of amides is 1. The minimum atomic E-state index is -0.160. The summed E-state index contributed by atoms with van der Waals surface area (Å²) in [5.74, 6) is 1.95. The van der Waals surface area contributed by atoms with E-state index in [9.17, 15) is 4.79 Å². The number of benzene rings is 3. The second-order valence-electron chi connectivity index (χ2n) is 7.01. The number of hydrogen-bond acceptors (Lipinski definition) is 4. The highest BCUT2D eigenvalue weighted by molar-refractivity contribution is 5.77. The molecule has 0 bridgehead atoms. The van der Waals surface area contributed by atoms with Crippen LogP contribution in [-0.4, -0.2) is 31.5 Å². The van der Waals surface area contributed by atoms with Crippen molar-refractivity contribution in [3.63, 3.8) is 0 Å². The number of ether oxygens (including phenoxy) is 2. The van der Waals surface area contributed by atoms with Gasteiger partial charge in [-0.1, -0.05) is 42.5 Å². The fourth-order valence-electron chi connectivity index (χ4n) is 2.76. The van der Waals surface area contributed by atoms with Gasteiger partial charge >= 0.3 is 0 Å². The van der Waals surface area contributed by atoms with E-state index in [-0.39, 0.29) is 12.5 Å². The van der Waals surface area contributed by atoms with Crippen molar-refractivity contribution in [2.24, 2.45) is 0 Å². The Morgan fingerprint density at radius 2 is 1.38 bits per heavy atom. The summed E-state index contributed by atoms with van der Waals surface area (Å²) in [5, 5.41) is 2.87. The molecule has 0 atom stereocenters. The number of carbonyl (C=O) groups excluding carboxylic acids is 1. The van der Waals surface area contributed by atoms with Crippen LogP contribution >= 0.6 is 0 Å². The molecule has 0 aliphatic rings. The van der Waals surface area contributed by atoms with E-state index in [4.69, 9.17) is 9.47 Å². The zero-order chi connectivity index (χ0) is 20.5. The molecule has 5 nitrogen and oxygen atoms in total. The third-order valence-electron chi connectivity index (χ3n) is 4.18. The first kappa shape index (κ1) is 20.4. The van der Waals surface area contributed by atoms with Crippen molar-refractivity contribution in [2.45, 2.75) is 13.1 Å². The number of rotatable bonds is 9. The van der Waals surface area contributed by atoms with Crippen LogP contribution in [-0.2, 0) is 17.9 Å². The van der Waals surface area contributed by atoms with Gasteiger partial charge in [-0.25, -0.2) is 0 Å². The van der Waals surface area contributed by atoms with E-state index in [0.29, 0.717) is 18.0 Å². The van der Waals surface area contributed by atoms with Gasteiger partial charge in [0.05, 0.1) is 0 Å². The number of hydrogen-bond donors (Lipinski definition) is 1. The van der Waals surface area contributed by atoms with Gasteiger partial charge in [0.1, 0.15) is 17.2 Å². The molecule has 29 heavy (non-hydrogen) atoms. The Hall–Kier alpha value is -3.31. The van der Waals surface area contributed by atoms with Crippen molar-refractivity contribution in [1.82, 2.24) is 10.2 Å². The quantitative estimate of drug-likeness (QED) is 0.594. The summed E-state index contributed by atoms with van der Waals surface area (Å²) < 4.78 is 11.3. The molecular weight excluding hydrogens is 364 g/mol. The van der Waals surface area contributed by atoms with E-state index < -0.39 is 0 Å². The van der Waals surface area contributed by atoms with Crippen LogP contribution in [0.15, 0.2) is 78.9 Å². The van der Waals surface area contributed by atoms with Crippen LogP contribution in [0.3, 0.4) is 0 Å². The molecule has 0 radical (unpaired) electrons. The minimum Gasteiger partial charge on any atom is -0.484 e. The van der Waals surface area contributed by atoms with E-state index in [0.717, 1.165) is 17.9 Å². The molecule has 3 rings (SSSR count). The highest BCUT2D eigenvalue weighted by Gasteiger charge is 2.04. The van der Waals surface area contributed by atoms with Crippen LogP contribution in [0.1, 0.15) is 11.1 Å². The van der Waals surface area contributed by atoms with Crippen molar-refractivity contribution in [2.75, 3.05) is 20.7 Å². The highest BCUT2D eigenvalue weighted by Crippen LogP contribution is 2.23. The van der Waals surface area contributed by atoms with Gasteiger partial charge in [-0.3, -0.25) is 4.79 Å². The Balaban J connectivity index is 1.41. The maximum absolute atomic E-state index is 12.0. The second-order valence-corrected chi connectivity index (χ2v) is 7.01. The van der Waals surface area contributed by atoms with E-state index in [2.05, 4.69) is 22.3 Å². The summed E-state index contributed by atoms with van der Waals surface area (Å²) in [6, 6.07) is 25.0. The molecule has 0 spiro atoms. The van der Waals surface area contributed by atoms with Crippen molar-refractivity contribution in [3.8, 4) is 17.2 Å². The lowest BCUT2D eigenvalue weighted by Crippen LogP contribution is -2.28. The molecule has 3 aromatic rings. The largest absolute Gasteiger partial charge is 0.484 e. The molecule has 0 aliphatic heterocycles. The molecule has 5 heteroatoms. The molecule has 1 N–H and O–H groups in total. The normalized spacial score (nSPS) is 10.6. The number of nitrogens with one attached hydrogen (secondary N) is 1. The highest BCUT2D eigenvalue weighted by atomic mass is 16.5. The van der Waals surface area contributed by atoms with Crippen LogP contribution in [0, 0.1) is 0 Å². The monoisotopic (exact) mass is 390 g/mol. The molecule has 0 heterocycles. The van der Waals surface area contributed by atoms with Crippen LogP contribution in [0.25, 0.3) is 0 Å². The maximum Gasteiger partial charge on any atom is 0.258 e. The third kappa shape index (κ3) is 6.97. The van der Waals surface area contributed by atoms with Crippen LogP contribution in [0.5, 0.6) is 17.2 Å². The average molecular weight is 390 g/mol. The first-order valence-corrected chi connectivity index (χ1v) is 9.53. The van der Waals surface area contributed by atoms with Crippen molar-refractivity contribution >= 4 is 5.91 Å². The van der Waals surface area contributed by atoms with Gasteiger partial charge in [0.25, 0.3) is 5.91 Å². The summed E-state index contributed by atoms with van der Waals surface area (Å²) in [4.78, 5) is 14.2. The molecule has 0 aromatic heterocycles. The zero-order valence-corrected chi connectivity index (χ0v) is 16.8. The van der Waals surface area contributed by atoms with Crippen LogP contribution in [0.2, 0.25) is 0 Å². The predicted molar refractivity (Wildman–Crippen MR) is 114 cm³/mol. The first-order chi connectivity index (χ1) is 14.1. The summed E-state index contributed by atoms with van der Waals surface area (Å²) >= 11 is 0. The lowest BCUT2D eigenvalue weighted by molar-refractivity contribution is -0.123. The Morgan fingerprint density at radius 3 is 2.03 bits per heavy atom. The average Bonchev–Trinajstić information content (AvgIpc) is 2.73. The zero-order valence-electron chi connectivity index (χ0n) is 16.8. The maximum atomic E-state index is 12.0. The summed E-state index contributed by atoms with van der Waals surface area (Å²) in [7, 11) is 4.08. The van der Waals surface area contributed by atoms with Crippen LogP contribution < -0.4 is 14.8 Å². The fraction of sp³-hybridized carbons (Fsp3) is 0.208. The number of nitrogens with zero attached hydrogens (tertiary/aromatic N) is 1. The molecule has 0 aliphatic carbocycles. The van der Waals surface area contributed by atoms with Gasteiger partial charge in [0.2, 0.25) is 0 Å². The molecular formula is C24H26N2O3. The predicted octanol–water partition coefficient (Wildman–Crippen LogP) is 4.24. The lowest BCUT2D eigenvalue weighted by Gasteiger charge is -2.11. The van der Waals surface area contributed by atoms with Gasteiger partial charge in [0, 0.05) is 13.1 Å². The first-order valence-electron chi connectivity index (χ1n) is 9.53.